The maximum Gasteiger partial charge on any atom is 0.273 e. The molecule has 1 aromatic heterocycles. The topological polar surface area (TPSA) is 78.5 Å². The third-order valence-corrected chi connectivity index (χ3v) is 6.69. The highest BCUT2D eigenvalue weighted by molar-refractivity contribution is 6.31. The van der Waals surface area contributed by atoms with Gasteiger partial charge < -0.3 is 14.7 Å². The molecule has 0 saturated heterocycles. The number of benzene rings is 3. The molecule has 34 heavy (non-hydrogen) atoms. The van der Waals surface area contributed by atoms with Gasteiger partial charge in [0.15, 0.2) is 0 Å². The largest absolute Gasteiger partial charge is 0.507 e. The van der Waals surface area contributed by atoms with Gasteiger partial charge in [0, 0.05) is 22.7 Å². The summed E-state index contributed by atoms with van der Waals surface area (Å²) in [5.41, 5.74) is 5.92. The number of phenolic OH excluding ortho intramolecular Hbond substituents is 1. The second-order valence-corrected chi connectivity index (χ2v) is 8.98. The van der Waals surface area contributed by atoms with E-state index in [0.717, 1.165) is 22.3 Å². The molecule has 1 atom stereocenters. The number of hydrogen-bond donors (Lipinski definition) is 2. The molecule has 0 fully saturated rings. The van der Waals surface area contributed by atoms with Crippen LogP contribution in [-0.2, 0) is 6.54 Å². The third-order valence-electron chi connectivity index (χ3n) is 6.28. The number of nitrogens with one attached hydrogen (secondary N) is 1. The van der Waals surface area contributed by atoms with Crippen LogP contribution in [0.15, 0.2) is 60.7 Å². The van der Waals surface area contributed by atoms with Crippen LogP contribution >= 0.6 is 11.6 Å². The zero-order chi connectivity index (χ0) is 24.0. The number of carbonyl (C=O) groups is 1. The Labute approximate surface area is 202 Å². The Morgan fingerprint density at radius 2 is 1.88 bits per heavy atom. The summed E-state index contributed by atoms with van der Waals surface area (Å²) in [6, 6.07) is 18.7. The minimum atomic E-state index is -0.424. The molecule has 0 spiro atoms. The highest BCUT2D eigenvalue weighted by Gasteiger charge is 2.42. The first-order chi connectivity index (χ1) is 16.4. The molecule has 0 aliphatic carbocycles. The fourth-order valence-electron chi connectivity index (χ4n) is 4.47. The van der Waals surface area contributed by atoms with Crippen LogP contribution in [0.5, 0.6) is 11.5 Å². The van der Waals surface area contributed by atoms with Crippen molar-refractivity contribution in [1.29, 1.82) is 0 Å². The lowest BCUT2D eigenvalue weighted by molar-refractivity contribution is 0.0730. The predicted octanol–water partition coefficient (Wildman–Crippen LogP) is 5.81. The number of fused-ring (bicyclic) bond motifs is 1. The Balaban J connectivity index is 1.68. The fourth-order valence-corrected chi connectivity index (χ4v) is 4.63. The zero-order valence-electron chi connectivity index (χ0n) is 19.1. The normalized spacial score (nSPS) is 15.0. The lowest BCUT2D eigenvalue weighted by atomic mass is 9.95. The number of ether oxygens (including phenoxy) is 1. The second-order valence-electron chi connectivity index (χ2n) is 8.58. The number of aromatic nitrogens is 2. The van der Waals surface area contributed by atoms with Gasteiger partial charge >= 0.3 is 0 Å². The van der Waals surface area contributed by atoms with Crippen LogP contribution < -0.4 is 4.74 Å². The van der Waals surface area contributed by atoms with Crippen LogP contribution in [0, 0.1) is 13.8 Å². The second kappa shape index (κ2) is 8.54. The molecule has 5 rings (SSSR count). The van der Waals surface area contributed by atoms with Gasteiger partial charge in [-0.1, -0.05) is 53.6 Å². The summed E-state index contributed by atoms with van der Waals surface area (Å²) >= 11 is 6.38. The Hall–Kier alpha value is -3.77. The molecule has 2 N–H and O–H groups in total. The molecule has 1 unspecified atom stereocenters. The van der Waals surface area contributed by atoms with Crippen molar-refractivity contribution in [3.05, 3.63) is 99.2 Å². The Morgan fingerprint density at radius 1 is 1.12 bits per heavy atom. The third kappa shape index (κ3) is 3.70. The van der Waals surface area contributed by atoms with E-state index in [9.17, 15) is 9.90 Å². The van der Waals surface area contributed by atoms with Gasteiger partial charge in [-0.15, -0.1) is 0 Å². The highest BCUT2D eigenvalue weighted by Crippen LogP contribution is 2.46. The number of nitrogens with zero attached hydrogens (tertiary/aromatic N) is 2. The first-order valence-corrected chi connectivity index (χ1v) is 11.3. The molecule has 1 aliphatic rings. The number of carbonyl (C=O) groups excluding carboxylic acids is 1. The lowest BCUT2D eigenvalue weighted by Gasteiger charge is -2.27. The maximum absolute atomic E-state index is 13.6. The van der Waals surface area contributed by atoms with Crippen LogP contribution in [0.3, 0.4) is 0 Å². The van der Waals surface area contributed by atoms with Crippen molar-refractivity contribution < 1.29 is 14.6 Å². The van der Waals surface area contributed by atoms with E-state index < -0.39 is 6.04 Å². The Kier molecular flexibility index (Phi) is 5.54. The predicted molar refractivity (Wildman–Crippen MR) is 131 cm³/mol. The molecule has 0 radical (unpaired) electrons. The molecular weight excluding hydrogens is 450 g/mol. The molecular formula is C27H24ClN3O3. The van der Waals surface area contributed by atoms with E-state index in [1.807, 2.05) is 67.3 Å². The summed E-state index contributed by atoms with van der Waals surface area (Å²) in [7, 11) is 1.62. The van der Waals surface area contributed by atoms with Crippen molar-refractivity contribution in [2.75, 3.05) is 7.11 Å². The number of phenols is 1. The smallest absolute Gasteiger partial charge is 0.273 e. The van der Waals surface area contributed by atoms with Crippen LogP contribution in [-0.4, -0.2) is 33.2 Å². The summed E-state index contributed by atoms with van der Waals surface area (Å²) in [5.74, 6) is 0.602. The van der Waals surface area contributed by atoms with E-state index in [2.05, 4.69) is 10.2 Å². The molecule has 3 aromatic carbocycles. The fraction of sp³-hybridized carbons (Fsp3) is 0.185. The van der Waals surface area contributed by atoms with Crippen molar-refractivity contribution in [3.63, 3.8) is 0 Å². The summed E-state index contributed by atoms with van der Waals surface area (Å²) in [6.45, 7) is 4.28. The van der Waals surface area contributed by atoms with E-state index in [1.165, 1.54) is 0 Å². The quantitative estimate of drug-likeness (QED) is 0.383. The van der Waals surface area contributed by atoms with Gasteiger partial charge in [-0.2, -0.15) is 5.10 Å². The molecule has 1 aliphatic heterocycles. The van der Waals surface area contributed by atoms with Crippen LogP contribution in [0.4, 0.5) is 0 Å². The summed E-state index contributed by atoms with van der Waals surface area (Å²) in [6.07, 6.45) is 0. The van der Waals surface area contributed by atoms with Crippen LogP contribution in [0.2, 0.25) is 5.02 Å². The summed E-state index contributed by atoms with van der Waals surface area (Å²) in [5, 5.41) is 18.6. The number of rotatable bonds is 5. The van der Waals surface area contributed by atoms with Gasteiger partial charge in [-0.3, -0.25) is 9.89 Å². The van der Waals surface area contributed by atoms with Crippen molar-refractivity contribution in [2.24, 2.45) is 0 Å². The first kappa shape index (κ1) is 22.0. The van der Waals surface area contributed by atoms with E-state index >= 15 is 0 Å². The number of hydrogen-bond acceptors (Lipinski definition) is 4. The van der Waals surface area contributed by atoms with Gasteiger partial charge in [0.25, 0.3) is 5.91 Å². The molecule has 172 valence electrons. The van der Waals surface area contributed by atoms with Gasteiger partial charge in [0.2, 0.25) is 0 Å². The molecule has 0 saturated carbocycles. The van der Waals surface area contributed by atoms with E-state index in [4.69, 9.17) is 16.3 Å². The van der Waals surface area contributed by atoms with Gasteiger partial charge in [-0.05, 0) is 54.8 Å². The van der Waals surface area contributed by atoms with Crippen molar-refractivity contribution >= 4 is 17.5 Å². The number of aromatic hydroxyl groups is 1. The highest BCUT2D eigenvalue weighted by atomic mass is 35.5. The zero-order valence-corrected chi connectivity index (χ0v) is 19.8. The Bertz CT molecular complexity index is 1400. The van der Waals surface area contributed by atoms with E-state index in [0.29, 0.717) is 39.8 Å². The minimum absolute atomic E-state index is 0.0602. The number of aryl methyl sites for hydroxylation is 2. The monoisotopic (exact) mass is 473 g/mol. The Morgan fingerprint density at radius 3 is 2.62 bits per heavy atom. The molecule has 2 heterocycles. The SMILES string of the molecule is COc1cccc(C2c3c(-c4cc(Cl)c(C)cc4O)n[nH]c3C(=O)N2Cc2ccc(C)cc2)c1. The average molecular weight is 474 g/mol. The van der Waals surface area contributed by atoms with Gasteiger partial charge in [0.05, 0.1) is 13.2 Å². The number of methoxy groups -OCH3 is 1. The lowest BCUT2D eigenvalue weighted by Crippen LogP contribution is -2.29. The van der Waals surface area contributed by atoms with Crippen molar-refractivity contribution in [2.45, 2.75) is 26.4 Å². The summed E-state index contributed by atoms with van der Waals surface area (Å²) in [4.78, 5) is 15.4. The average Bonchev–Trinajstić information content (AvgIpc) is 3.37. The van der Waals surface area contributed by atoms with E-state index in [-0.39, 0.29) is 11.7 Å². The van der Waals surface area contributed by atoms with E-state index in [1.54, 1.807) is 19.2 Å². The van der Waals surface area contributed by atoms with Gasteiger partial charge in [0.1, 0.15) is 22.9 Å². The molecule has 1 amide bonds. The van der Waals surface area contributed by atoms with Crippen LogP contribution in [0.25, 0.3) is 11.3 Å². The van der Waals surface area contributed by atoms with Crippen LogP contribution in [0.1, 0.15) is 44.3 Å². The summed E-state index contributed by atoms with van der Waals surface area (Å²) < 4.78 is 5.46. The minimum Gasteiger partial charge on any atom is -0.507 e. The standard InChI is InChI=1S/C27H24ClN3O3/c1-15-7-9-17(10-8-15)14-31-26(18-5-4-6-19(12-18)34-3)23-24(29-30-25(23)27(31)33)20-13-21(28)16(2)11-22(20)32/h4-13,26,32H,14H2,1-3H3,(H,29,30). The van der Waals surface area contributed by atoms with Crippen molar-refractivity contribution in [1.82, 2.24) is 15.1 Å². The number of amides is 1. The maximum atomic E-state index is 13.6. The molecule has 4 aromatic rings. The molecule has 7 heteroatoms. The van der Waals surface area contributed by atoms with Crippen molar-refractivity contribution in [3.8, 4) is 22.8 Å². The first-order valence-electron chi connectivity index (χ1n) is 11.0. The number of aromatic amines is 1. The number of halogens is 1. The van der Waals surface area contributed by atoms with Gasteiger partial charge in [-0.25, -0.2) is 0 Å². The number of H-pyrrole nitrogens is 1. The molecule has 6 nitrogen and oxygen atoms in total. The molecule has 0 bridgehead atoms.